The minimum absolute atomic E-state index is 0.107. The minimum Gasteiger partial charge on any atom is -0.408 e. The van der Waals surface area contributed by atoms with Gasteiger partial charge < -0.3 is 9.16 Å². The first-order chi connectivity index (χ1) is 11.8. The van der Waals surface area contributed by atoms with E-state index < -0.39 is 37.8 Å². The topological polar surface area (TPSA) is 73.3 Å². The standard InChI is InChI=1S/C16H26FIN2O4Si/c1-5-25(6-2,7-3)24-13-11(4)14(23-16(13,17)10-18)20-9-8-12(21)19-15(20)22/h8-9,11,13-14H,5-7,10H2,1-4H3,(H,19,21,22)/t11-,13-,14+,16+/m0/s1. The number of aromatic nitrogens is 2. The van der Waals surface area contributed by atoms with Gasteiger partial charge in [-0.3, -0.25) is 14.3 Å². The normalized spacial score (nSPS) is 29.9. The van der Waals surface area contributed by atoms with Gasteiger partial charge in [0.25, 0.3) is 5.56 Å². The number of hydrogen-bond donors (Lipinski definition) is 1. The Morgan fingerprint density at radius 3 is 2.44 bits per heavy atom. The van der Waals surface area contributed by atoms with Gasteiger partial charge in [0, 0.05) is 18.2 Å². The third-order valence-electron chi connectivity index (χ3n) is 5.29. The van der Waals surface area contributed by atoms with Crippen molar-refractivity contribution in [1.29, 1.82) is 0 Å². The molecule has 2 heterocycles. The van der Waals surface area contributed by atoms with E-state index in [1.54, 1.807) is 0 Å². The van der Waals surface area contributed by atoms with Gasteiger partial charge >= 0.3 is 5.69 Å². The highest BCUT2D eigenvalue weighted by Crippen LogP contribution is 2.46. The molecule has 1 saturated heterocycles. The van der Waals surface area contributed by atoms with Crippen LogP contribution < -0.4 is 11.2 Å². The zero-order valence-electron chi connectivity index (χ0n) is 15.1. The lowest BCUT2D eigenvalue weighted by atomic mass is 10.0. The van der Waals surface area contributed by atoms with Crippen molar-refractivity contribution in [2.75, 3.05) is 4.43 Å². The molecule has 1 N–H and O–H groups in total. The first-order valence-corrected chi connectivity index (χ1v) is 12.7. The first kappa shape index (κ1) is 20.8. The average molecular weight is 484 g/mol. The van der Waals surface area contributed by atoms with Crippen LogP contribution in [0.1, 0.15) is 33.9 Å². The van der Waals surface area contributed by atoms with Gasteiger partial charge in [-0.1, -0.05) is 50.3 Å². The molecule has 0 radical (unpaired) electrons. The van der Waals surface area contributed by atoms with Crippen molar-refractivity contribution in [3.63, 3.8) is 0 Å². The SMILES string of the molecule is CC[Si](CC)(CC)O[C@H]1[C@H](C)[C@H](n2ccc(=O)[nH]c2=O)O[C@]1(F)CI. The molecule has 6 nitrogen and oxygen atoms in total. The Bertz CT molecular complexity index is 700. The molecule has 1 fully saturated rings. The molecule has 0 saturated carbocycles. The smallest absolute Gasteiger partial charge is 0.330 e. The largest absolute Gasteiger partial charge is 0.408 e. The molecule has 4 atom stereocenters. The van der Waals surface area contributed by atoms with Crippen LogP contribution in [0.4, 0.5) is 4.39 Å². The van der Waals surface area contributed by atoms with Crippen molar-refractivity contribution in [3.05, 3.63) is 33.1 Å². The van der Waals surface area contributed by atoms with E-state index in [0.29, 0.717) is 0 Å². The van der Waals surface area contributed by atoms with Crippen molar-refractivity contribution in [3.8, 4) is 0 Å². The highest BCUT2D eigenvalue weighted by molar-refractivity contribution is 14.1. The van der Waals surface area contributed by atoms with Gasteiger partial charge in [0.2, 0.25) is 5.85 Å². The Labute approximate surface area is 161 Å². The van der Waals surface area contributed by atoms with E-state index in [-0.39, 0.29) is 10.3 Å². The van der Waals surface area contributed by atoms with Crippen molar-refractivity contribution >= 4 is 30.9 Å². The number of H-pyrrole nitrogens is 1. The van der Waals surface area contributed by atoms with Gasteiger partial charge in [-0.25, -0.2) is 9.18 Å². The summed E-state index contributed by atoms with van der Waals surface area (Å²) in [4.78, 5) is 25.6. The highest BCUT2D eigenvalue weighted by Gasteiger charge is 2.57. The van der Waals surface area contributed by atoms with E-state index in [1.165, 1.54) is 16.8 Å². The number of aromatic amines is 1. The first-order valence-electron chi connectivity index (χ1n) is 8.67. The van der Waals surface area contributed by atoms with Crippen LogP contribution in [-0.2, 0) is 9.16 Å². The number of hydrogen-bond acceptors (Lipinski definition) is 4. The molecule has 0 unspecified atom stereocenters. The number of alkyl halides is 2. The van der Waals surface area contributed by atoms with Crippen molar-refractivity contribution in [1.82, 2.24) is 9.55 Å². The second kappa shape index (κ2) is 8.01. The Morgan fingerprint density at radius 1 is 1.36 bits per heavy atom. The van der Waals surface area contributed by atoms with E-state index >= 15 is 4.39 Å². The van der Waals surface area contributed by atoms with Crippen LogP contribution in [0.3, 0.4) is 0 Å². The van der Waals surface area contributed by atoms with E-state index in [1.807, 2.05) is 29.5 Å². The van der Waals surface area contributed by atoms with Gasteiger partial charge in [-0.05, 0) is 18.1 Å². The fourth-order valence-corrected chi connectivity index (χ4v) is 6.97. The minimum atomic E-state index is -2.05. The maximum Gasteiger partial charge on any atom is 0.330 e. The number of rotatable bonds is 7. The molecule has 2 rings (SSSR count). The summed E-state index contributed by atoms with van der Waals surface area (Å²) in [5.41, 5.74) is -1.10. The van der Waals surface area contributed by atoms with E-state index in [9.17, 15) is 9.59 Å². The molecule has 9 heteroatoms. The maximum absolute atomic E-state index is 15.5. The van der Waals surface area contributed by atoms with Gasteiger partial charge in [-0.2, -0.15) is 0 Å². The monoisotopic (exact) mass is 484 g/mol. The van der Waals surface area contributed by atoms with Crippen LogP contribution >= 0.6 is 22.6 Å². The van der Waals surface area contributed by atoms with Crippen LogP contribution in [0.2, 0.25) is 18.1 Å². The van der Waals surface area contributed by atoms with Gasteiger partial charge in [-0.15, -0.1) is 0 Å². The summed E-state index contributed by atoms with van der Waals surface area (Å²) in [5.74, 6) is -2.32. The molecular formula is C16H26FIN2O4Si. The van der Waals surface area contributed by atoms with Gasteiger partial charge in [0.15, 0.2) is 8.32 Å². The van der Waals surface area contributed by atoms with E-state index in [2.05, 4.69) is 25.8 Å². The summed E-state index contributed by atoms with van der Waals surface area (Å²) < 4.78 is 29.0. The Morgan fingerprint density at radius 2 is 1.96 bits per heavy atom. The maximum atomic E-state index is 15.5. The predicted octanol–water partition coefficient (Wildman–Crippen LogP) is 3.19. The molecule has 0 bridgehead atoms. The average Bonchev–Trinajstić information content (AvgIpc) is 2.85. The number of halogens is 2. The van der Waals surface area contributed by atoms with E-state index in [0.717, 1.165) is 18.1 Å². The molecule has 0 aromatic carbocycles. The van der Waals surface area contributed by atoms with Crippen LogP contribution in [0, 0.1) is 5.92 Å². The summed E-state index contributed by atoms with van der Waals surface area (Å²) >= 11 is 1.95. The Balaban J connectivity index is 2.40. The van der Waals surface area contributed by atoms with Crippen molar-refractivity contribution in [2.24, 2.45) is 5.92 Å². The Hall–Kier alpha value is -0.523. The van der Waals surface area contributed by atoms with Crippen molar-refractivity contribution in [2.45, 2.75) is 64.0 Å². The summed E-state index contributed by atoms with van der Waals surface area (Å²) in [6, 6.07) is 3.95. The fourth-order valence-electron chi connectivity index (χ4n) is 3.43. The van der Waals surface area contributed by atoms with E-state index in [4.69, 9.17) is 9.16 Å². The molecule has 0 aliphatic carbocycles. The summed E-state index contributed by atoms with van der Waals surface area (Å²) in [6.45, 7) is 8.11. The van der Waals surface area contributed by atoms with Gasteiger partial charge in [0.05, 0.1) is 4.43 Å². The van der Waals surface area contributed by atoms with Crippen LogP contribution in [0.15, 0.2) is 21.9 Å². The highest BCUT2D eigenvalue weighted by atomic mass is 127. The number of ether oxygens (including phenoxy) is 1. The molecule has 142 valence electrons. The fraction of sp³-hybridized carbons (Fsp3) is 0.750. The predicted molar refractivity (Wildman–Crippen MR) is 105 cm³/mol. The third-order valence-corrected chi connectivity index (χ3v) is 10.9. The number of nitrogens with one attached hydrogen (secondary N) is 1. The quantitative estimate of drug-likeness (QED) is 0.367. The zero-order chi connectivity index (χ0) is 18.8. The van der Waals surface area contributed by atoms with Crippen molar-refractivity contribution < 1.29 is 13.6 Å². The molecule has 0 amide bonds. The Kier molecular flexibility index (Phi) is 6.66. The summed E-state index contributed by atoms with van der Waals surface area (Å²) in [5, 5.41) is 0. The molecule has 1 aliphatic heterocycles. The molecule has 1 aromatic rings. The molecule has 1 aromatic heterocycles. The summed E-state index contributed by atoms with van der Waals surface area (Å²) in [7, 11) is -2.05. The molecule has 1 aliphatic rings. The molecular weight excluding hydrogens is 458 g/mol. The lowest BCUT2D eigenvalue weighted by Gasteiger charge is -2.36. The number of nitrogens with zero attached hydrogens (tertiary/aromatic N) is 1. The lowest BCUT2D eigenvalue weighted by molar-refractivity contribution is -0.166. The molecule has 25 heavy (non-hydrogen) atoms. The third kappa shape index (κ3) is 3.93. The van der Waals surface area contributed by atoms with Crippen LogP contribution in [-0.4, -0.2) is 34.3 Å². The second-order valence-electron chi connectivity index (χ2n) is 6.59. The van der Waals surface area contributed by atoms with Crippen LogP contribution in [0.5, 0.6) is 0 Å². The zero-order valence-corrected chi connectivity index (χ0v) is 18.2. The second-order valence-corrected chi connectivity index (χ2v) is 12.1. The lowest BCUT2D eigenvalue weighted by Crippen LogP contribution is -2.49. The molecule has 0 spiro atoms. The summed E-state index contributed by atoms with van der Waals surface area (Å²) in [6.07, 6.45) is -0.200. The van der Waals surface area contributed by atoms with Crippen LogP contribution in [0.25, 0.3) is 0 Å². The van der Waals surface area contributed by atoms with Gasteiger partial charge in [0.1, 0.15) is 12.3 Å².